The van der Waals surface area contributed by atoms with Crippen LogP contribution in [0.2, 0.25) is 0 Å². The first kappa shape index (κ1) is 22.0. The number of methoxy groups -OCH3 is 2. The average molecular weight is 476 g/mol. The number of esters is 1. The van der Waals surface area contributed by atoms with Gasteiger partial charge < -0.3 is 24.7 Å². The number of nitrogens with one attached hydrogen (secondary N) is 2. The number of anilines is 1. The monoisotopic (exact) mass is 475 g/mol. The lowest BCUT2D eigenvalue weighted by atomic mass is 9.92. The third kappa shape index (κ3) is 3.80. The lowest BCUT2D eigenvalue weighted by Crippen LogP contribution is -2.43. The van der Waals surface area contributed by atoms with Crippen molar-refractivity contribution in [2.45, 2.75) is 19.4 Å². The lowest BCUT2D eigenvalue weighted by Gasteiger charge is -2.36. The Bertz CT molecular complexity index is 1370. The smallest absolute Gasteiger partial charge is 0.350 e. The standard InChI is InChI=1S/C26H25N3O4S/c1-15-4-6-16(7-5-15)23-22-18(19-14-17(32-2)8-9-20(19)27-22)10-12-29(23)26(31)28-21-11-13-34-24(21)25(30)33-3/h4-9,11,13-14,23,27H,10,12H2,1-3H3,(H,28,31). The van der Waals surface area contributed by atoms with Crippen LogP contribution in [0.4, 0.5) is 10.5 Å². The highest BCUT2D eigenvalue weighted by molar-refractivity contribution is 7.12. The number of ether oxygens (including phenoxy) is 2. The van der Waals surface area contributed by atoms with Gasteiger partial charge in [0.05, 0.1) is 25.9 Å². The zero-order valence-corrected chi connectivity index (χ0v) is 20.0. The lowest BCUT2D eigenvalue weighted by molar-refractivity contribution is 0.0607. The molecule has 1 atom stereocenters. The van der Waals surface area contributed by atoms with Crippen molar-refractivity contribution in [1.82, 2.24) is 9.88 Å². The van der Waals surface area contributed by atoms with Gasteiger partial charge in [0.1, 0.15) is 10.6 Å². The number of nitrogens with zero attached hydrogens (tertiary/aromatic N) is 1. The van der Waals surface area contributed by atoms with E-state index >= 15 is 0 Å². The van der Waals surface area contributed by atoms with E-state index in [-0.39, 0.29) is 12.1 Å². The second-order valence-corrected chi connectivity index (χ2v) is 9.19. The molecule has 0 bridgehead atoms. The van der Waals surface area contributed by atoms with Gasteiger partial charge in [-0.2, -0.15) is 0 Å². The normalized spacial score (nSPS) is 15.1. The van der Waals surface area contributed by atoms with Crippen LogP contribution in [0.15, 0.2) is 53.9 Å². The molecular formula is C26H25N3O4S. The van der Waals surface area contributed by atoms with E-state index < -0.39 is 5.97 Å². The Kier molecular flexibility index (Phi) is 5.75. The summed E-state index contributed by atoms with van der Waals surface area (Å²) in [6, 6.07) is 15.4. The van der Waals surface area contributed by atoms with E-state index in [1.54, 1.807) is 18.6 Å². The first-order chi connectivity index (χ1) is 16.5. The van der Waals surface area contributed by atoms with Crippen LogP contribution >= 0.6 is 11.3 Å². The predicted molar refractivity (Wildman–Crippen MR) is 133 cm³/mol. The molecule has 0 spiro atoms. The highest BCUT2D eigenvalue weighted by Crippen LogP contribution is 2.40. The number of rotatable bonds is 4. The molecule has 2 aromatic carbocycles. The predicted octanol–water partition coefficient (Wildman–Crippen LogP) is 5.51. The largest absolute Gasteiger partial charge is 0.497 e. The Morgan fingerprint density at radius 2 is 1.91 bits per heavy atom. The molecule has 1 aliphatic rings. The summed E-state index contributed by atoms with van der Waals surface area (Å²) in [4.78, 5) is 31.4. The van der Waals surface area contributed by atoms with Gasteiger partial charge in [0.15, 0.2) is 0 Å². The highest BCUT2D eigenvalue weighted by atomic mass is 32.1. The molecule has 0 fully saturated rings. The summed E-state index contributed by atoms with van der Waals surface area (Å²) in [7, 11) is 2.99. The van der Waals surface area contributed by atoms with Crippen molar-refractivity contribution in [2.24, 2.45) is 0 Å². The van der Waals surface area contributed by atoms with Crippen LogP contribution < -0.4 is 10.1 Å². The number of urea groups is 1. The van der Waals surface area contributed by atoms with Crippen LogP contribution in [0, 0.1) is 6.92 Å². The molecule has 2 aromatic heterocycles. The summed E-state index contributed by atoms with van der Waals surface area (Å²) < 4.78 is 10.3. The molecule has 2 N–H and O–H groups in total. The van der Waals surface area contributed by atoms with Crippen molar-refractivity contribution in [3.8, 4) is 5.75 Å². The first-order valence-electron chi connectivity index (χ1n) is 11.0. The number of aromatic amines is 1. The summed E-state index contributed by atoms with van der Waals surface area (Å²) in [6.45, 7) is 2.57. The molecule has 8 heteroatoms. The molecule has 34 heavy (non-hydrogen) atoms. The van der Waals surface area contributed by atoms with E-state index in [4.69, 9.17) is 9.47 Å². The van der Waals surface area contributed by atoms with Crippen molar-refractivity contribution in [3.63, 3.8) is 0 Å². The van der Waals surface area contributed by atoms with Gasteiger partial charge in [0, 0.05) is 23.1 Å². The molecule has 0 saturated heterocycles. The number of hydrogen-bond donors (Lipinski definition) is 2. The minimum atomic E-state index is -0.467. The van der Waals surface area contributed by atoms with Crippen LogP contribution in [0.1, 0.15) is 38.1 Å². The quantitative estimate of drug-likeness (QED) is 0.381. The van der Waals surface area contributed by atoms with Gasteiger partial charge in [0.25, 0.3) is 0 Å². The molecule has 0 saturated carbocycles. The van der Waals surface area contributed by atoms with E-state index in [1.165, 1.54) is 24.0 Å². The summed E-state index contributed by atoms with van der Waals surface area (Å²) in [5, 5.41) is 5.80. The maximum atomic E-state index is 13.5. The molecule has 0 radical (unpaired) electrons. The topological polar surface area (TPSA) is 83.7 Å². The third-order valence-electron chi connectivity index (χ3n) is 6.27. The molecule has 1 unspecified atom stereocenters. The maximum Gasteiger partial charge on any atom is 0.350 e. The number of H-pyrrole nitrogens is 1. The molecule has 174 valence electrons. The van der Waals surface area contributed by atoms with Gasteiger partial charge in [-0.25, -0.2) is 9.59 Å². The van der Waals surface area contributed by atoms with E-state index in [0.29, 0.717) is 23.5 Å². The fourth-order valence-corrected chi connectivity index (χ4v) is 5.32. The van der Waals surface area contributed by atoms with E-state index in [1.807, 2.05) is 30.0 Å². The molecular weight excluding hydrogens is 450 g/mol. The number of carbonyl (C=O) groups excluding carboxylic acids is 2. The van der Waals surface area contributed by atoms with Crippen molar-refractivity contribution < 1.29 is 19.1 Å². The SMILES string of the molecule is COC(=O)c1sccc1NC(=O)N1CCc2c([nH]c3ccc(OC)cc23)C1c1ccc(C)cc1. The zero-order chi connectivity index (χ0) is 23.8. The van der Waals surface area contributed by atoms with Crippen LogP contribution in [-0.4, -0.2) is 42.6 Å². The van der Waals surface area contributed by atoms with E-state index in [2.05, 4.69) is 34.6 Å². The number of hydrogen-bond acceptors (Lipinski definition) is 5. The number of benzene rings is 2. The Hall–Kier alpha value is -3.78. The molecule has 1 aliphatic heterocycles. The van der Waals surface area contributed by atoms with Crippen molar-refractivity contribution in [1.29, 1.82) is 0 Å². The molecule has 2 amide bonds. The average Bonchev–Trinajstić information content (AvgIpc) is 3.47. The van der Waals surface area contributed by atoms with Gasteiger partial charge >= 0.3 is 12.0 Å². The second kappa shape index (κ2) is 8.87. The second-order valence-electron chi connectivity index (χ2n) is 8.27. The van der Waals surface area contributed by atoms with Gasteiger partial charge in [0.2, 0.25) is 0 Å². The zero-order valence-electron chi connectivity index (χ0n) is 19.2. The molecule has 5 rings (SSSR count). The van der Waals surface area contributed by atoms with E-state index in [9.17, 15) is 9.59 Å². The minimum absolute atomic E-state index is 0.268. The van der Waals surface area contributed by atoms with Gasteiger partial charge in [-0.15, -0.1) is 11.3 Å². The summed E-state index contributed by atoms with van der Waals surface area (Å²) in [5.41, 5.74) is 5.81. The first-order valence-corrected chi connectivity index (χ1v) is 11.9. The van der Waals surface area contributed by atoms with Gasteiger partial charge in [-0.05, 0) is 54.1 Å². The molecule has 7 nitrogen and oxygen atoms in total. The third-order valence-corrected chi connectivity index (χ3v) is 7.16. The van der Waals surface area contributed by atoms with Crippen LogP contribution in [0.25, 0.3) is 10.9 Å². The number of amides is 2. The number of fused-ring (bicyclic) bond motifs is 3. The number of aromatic nitrogens is 1. The Morgan fingerprint density at radius 1 is 1.12 bits per heavy atom. The van der Waals surface area contributed by atoms with Crippen molar-refractivity contribution in [2.75, 3.05) is 26.1 Å². The highest BCUT2D eigenvalue weighted by Gasteiger charge is 2.35. The summed E-state index contributed by atoms with van der Waals surface area (Å²) in [6.07, 6.45) is 0.700. The fraction of sp³-hybridized carbons (Fsp3) is 0.231. The molecule has 4 aromatic rings. The Balaban J connectivity index is 1.56. The van der Waals surface area contributed by atoms with Crippen molar-refractivity contribution in [3.05, 3.63) is 81.2 Å². The molecule has 3 heterocycles. The van der Waals surface area contributed by atoms with Crippen LogP contribution in [0.3, 0.4) is 0 Å². The van der Waals surface area contributed by atoms with Crippen LogP contribution in [-0.2, 0) is 11.2 Å². The Morgan fingerprint density at radius 3 is 2.65 bits per heavy atom. The number of carbonyl (C=O) groups is 2. The van der Waals surface area contributed by atoms with Gasteiger partial charge in [-0.1, -0.05) is 29.8 Å². The minimum Gasteiger partial charge on any atom is -0.497 e. The molecule has 0 aliphatic carbocycles. The Labute approximate surface area is 201 Å². The van der Waals surface area contributed by atoms with Crippen LogP contribution in [0.5, 0.6) is 5.75 Å². The van der Waals surface area contributed by atoms with Crippen molar-refractivity contribution >= 4 is 39.9 Å². The summed E-state index contributed by atoms with van der Waals surface area (Å²) >= 11 is 1.24. The fourth-order valence-electron chi connectivity index (χ4n) is 4.55. The van der Waals surface area contributed by atoms with Gasteiger partial charge in [-0.3, -0.25) is 0 Å². The summed E-state index contributed by atoms with van der Waals surface area (Å²) in [5.74, 6) is 0.333. The maximum absolute atomic E-state index is 13.5. The number of aryl methyl sites for hydroxylation is 1. The van der Waals surface area contributed by atoms with E-state index in [0.717, 1.165) is 33.5 Å². The number of thiophene rings is 1.